The van der Waals surface area contributed by atoms with Crippen LogP contribution in [0.1, 0.15) is 25.3 Å². The molecule has 0 saturated carbocycles. The van der Waals surface area contributed by atoms with Gasteiger partial charge in [0, 0.05) is 0 Å². The Bertz CT molecular complexity index is 487. The quantitative estimate of drug-likeness (QED) is 0.777. The van der Waals surface area contributed by atoms with Crippen LogP contribution in [0, 0.1) is 5.92 Å². The van der Waals surface area contributed by atoms with E-state index in [4.69, 9.17) is 0 Å². The third kappa shape index (κ3) is 4.50. The average molecular weight is 267 g/mol. The number of benzene rings is 2. The molecule has 1 atom stereocenters. The highest BCUT2D eigenvalue weighted by molar-refractivity contribution is 5.63. The molecule has 0 saturated heterocycles. The first-order chi connectivity index (χ1) is 9.79. The van der Waals surface area contributed by atoms with E-state index in [1.807, 2.05) is 7.05 Å². The lowest BCUT2D eigenvalue weighted by atomic mass is 9.97. The fourth-order valence-electron chi connectivity index (χ4n) is 2.44. The molecule has 0 aliphatic carbocycles. The van der Waals surface area contributed by atoms with Crippen LogP contribution >= 0.6 is 0 Å². The molecule has 0 radical (unpaired) electrons. The molecule has 0 aliphatic heterocycles. The van der Waals surface area contributed by atoms with Gasteiger partial charge in [0.15, 0.2) is 0 Å². The van der Waals surface area contributed by atoms with Gasteiger partial charge >= 0.3 is 0 Å². The molecule has 1 heteroatoms. The first kappa shape index (κ1) is 14.8. The Morgan fingerprint density at radius 2 is 1.50 bits per heavy atom. The van der Waals surface area contributed by atoms with Crippen LogP contribution in [0.15, 0.2) is 54.6 Å². The molecule has 0 bridgehead atoms. The lowest BCUT2D eigenvalue weighted by Crippen LogP contribution is -2.11. The number of hydrogen-bond acceptors (Lipinski definition) is 1. The molecule has 0 fully saturated rings. The predicted octanol–water partition coefficient (Wildman–Crippen LogP) is 4.53. The van der Waals surface area contributed by atoms with Gasteiger partial charge in [-0.15, -0.1) is 0 Å². The van der Waals surface area contributed by atoms with E-state index in [2.05, 4.69) is 66.8 Å². The van der Waals surface area contributed by atoms with Gasteiger partial charge in [-0.05, 0) is 55.5 Å². The molecule has 106 valence electrons. The van der Waals surface area contributed by atoms with Crippen molar-refractivity contribution in [2.45, 2.75) is 26.2 Å². The minimum absolute atomic E-state index is 0.788. The second kappa shape index (κ2) is 7.86. The maximum Gasteiger partial charge on any atom is -0.00494 e. The molecule has 0 amide bonds. The Morgan fingerprint density at radius 1 is 0.850 bits per heavy atom. The van der Waals surface area contributed by atoms with E-state index in [1.165, 1.54) is 36.0 Å². The van der Waals surface area contributed by atoms with Crippen molar-refractivity contribution in [2.24, 2.45) is 5.92 Å². The van der Waals surface area contributed by atoms with Crippen LogP contribution in [0.5, 0.6) is 0 Å². The Labute approximate surface area is 123 Å². The van der Waals surface area contributed by atoms with Crippen molar-refractivity contribution in [1.29, 1.82) is 0 Å². The van der Waals surface area contributed by atoms with Gasteiger partial charge in [0.25, 0.3) is 0 Å². The minimum atomic E-state index is 0.788. The van der Waals surface area contributed by atoms with E-state index in [0.717, 1.165) is 12.5 Å². The summed E-state index contributed by atoms with van der Waals surface area (Å²) in [4.78, 5) is 0. The van der Waals surface area contributed by atoms with Gasteiger partial charge in [-0.3, -0.25) is 0 Å². The maximum absolute atomic E-state index is 3.22. The minimum Gasteiger partial charge on any atom is -0.320 e. The molecule has 1 unspecified atom stereocenters. The van der Waals surface area contributed by atoms with Crippen LogP contribution < -0.4 is 5.32 Å². The summed E-state index contributed by atoms with van der Waals surface area (Å²) in [5.41, 5.74) is 4.04. The topological polar surface area (TPSA) is 12.0 Å². The summed E-state index contributed by atoms with van der Waals surface area (Å²) in [6.45, 7) is 3.46. The summed E-state index contributed by atoms with van der Waals surface area (Å²) < 4.78 is 0. The van der Waals surface area contributed by atoms with Crippen molar-refractivity contribution in [3.8, 4) is 11.1 Å². The first-order valence-electron chi connectivity index (χ1n) is 7.58. The smallest absolute Gasteiger partial charge is 0.00494 e. The third-order valence-electron chi connectivity index (χ3n) is 3.87. The summed E-state index contributed by atoms with van der Waals surface area (Å²) in [6.07, 6.45) is 3.71. The molecule has 0 spiro atoms. The summed E-state index contributed by atoms with van der Waals surface area (Å²) in [5, 5.41) is 3.22. The van der Waals surface area contributed by atoms with Crippen molar-refractivity contribution in [3.63, 3.8) is 0 Å². The number of nitrogens with one attached hydrogen (secondary N) is 1. The molecule has 2 aromatic carbocycles. The fourth-order valence-corrected chi connectivity index (χ4v) is 2.44. The van der Waals surface area contributed by atoms with E-state index in [1.54, 1.807) is 0 Å². The third-order valence-corrected chi connectivity index (χ3v) is 3.87. The van der Waals surface area contributed by atoms with Crippen LogP contribution in [-0.4, -0.2) is 13.6 Å². The van der Waals surface area contributed by atoms with Gasteiger partial charge < -0.3 is 5.32 Å². The number of hydrogen-bond donors (Lipinski definition) is 1. The van der Waals surface area contributed by atoms with E-state index < -0.39 is 0 Å². The van der Waals surface area contributed by atoms with Gasteiger partial charge in [0.2, 0.25) is 0 Å². The average Bonchev–Trinajstić information content (AvgIpc) is 2.52. The highest BCUT2D eigenvalue weighted by atomic mass is 14.8. The van der Waals surface area contributed by atoms with E-state index in [-0.39, 0.29) is 0 Å². The second-order valence-corrected chi connectivity index (χ2v) is 5.60. The van der Waals surface area contributed by atoms with Crippen LogP contribution in [0.2, 0.25) is 0 Å². The molecule has 0 heterocycles. The van der Waals surface area contributed by atoms with Crippen LogP contribution in [-0.2, 0) is 6.42 Å². The largest absolute Gasteiger partial charge is 0.320 e. The Hall–Kier alpha value is -1.60. The van der Waals surface area contributed by atoms with Crippen LogP contribution in [0.4, 0.5) is 0 Å². The van der Waals surface area contributed by atoms with Gasteiger partial charge in [0.05, 0.1) is 0 Å². The zero-order chi connectivity index (χ0) is 14.2. The van der Waals surface area contributed by atoms with Gasteiger partial charge in [-0.25, -0.2) is 0 Å². The highest BCUT2D eigenvalue weighted by Gasteiger charge is 2.03. The molecule has 2 aromatic rings. The van der Waals surface area contributed by atoms with Gasteiger partial charge in [-0.1, -0.05) is 61.5 Å². The summed E-state index contributed by atoms with van der Waals surface area (Å²) >= 11 is 0. The standard InChI is InChI=1S/C19H25N/c1-16(14-15-20-2)8-9-17-10-12-19(13-11-17)18-6-4-3-5-7-18/h3-7,10-13,16,20H,8-9,14-15H2,1-2H3. The van der Waals surface area contributed by atoms with Gasteiger partial charge in [-0.2, -0.15) is 0 Å². The Kier molecular flexibility index (Phi) is 5.82. The first-order valence-corrected chi connectivity index (χ1v) is 7.58. The second-order valence-electron chi connectivity index (χ2n) is 5.60. The van der Waals surface area contributed by atoms with Crippen molar-refractivity contribution in [1.82, 2.24) is 5.32 Å². The summed E-state index contributed by atoms with van der Waals surface area (Å²) in [6, 6.07) is 19.6. The SMILES string of the molecule is CNCCC(C)CCc1ccc(-c2ccccc2)cc1. The van der Waals surface area contributed by atoms with Gasteiger partial charge in [0.1, 0.15) is 0 Å². The van der Waals surface area contributed by atoms with E-state index >= 15 is 0 Å². The van der Waals surface area contributed by atoms with Crippen molar-refractivity contribution >= 4 is 0 Å². The van der Waals surface area contributed by atoms with E-state index in [9.17, 15) is 0 Å². The number of rotatable bonds is 7. The summed E-state index contributed by atoms with van der Waals surface area (Å²) in [5.74, 6) is 0.788. The zero-order valence-electron chi connectivity index (χ0n) is 12.6. The summed E-state index contributed by atoms with van der Waals surface area (Å²) in [7, 11) is 2.02. The maximum atomic E-state index is 3.22. The normalized spacial score (nSPS) is 12.3. The van der Waals surface area contributed by atoms with Crippen LogP contribution in [0.25, 0.3) is 11.1 Å². The number of aryl methyl sites for hydroxylation is 1. The molecular formula is C19H25N. The van der Waals surface area contributed by atoms with Crippen LogP contribution in [0.3, 0.4) is 0 Å². The molecule has 0 aromatic heterocycles. The van der Waals surface area contributed by atoms with Crippen molar-refractivity contribution in [3.05, 3.63) is 60.2 Å². The molecule has 0 aliphatic rings. The molecular weight excluding hydrogens is 242 g/mol. The molecule has 1 N–H and O–H groups in total. The van der Waals surface area contributed by atoms with E-state index in [0.29, 0.717) is 0 Å². The Balaban J connectivity index is 1.89. The predicted molar refractivity (Wildman–Crippen MR) is 87.9 cm³/mol. The van der Waals surface area contributed by atoms with Crippen molar-refractivity contribution in [2.75, 3.05) is 13.6 Å². The Morgan fingerprint density at radius 3 is 2.15 bits per heavy atom. The van der Waals surface area contributed by atoms with Crippen molar-refractivity contribution < 1.29 is 0 Å². The molecule has 2 rings (SSSR count). The highest BCUT2D eigenvalue weighted by Crippen LogP contribution is 2.20. The molecule has 1 nitrogen and oxygen atoms in total. The fraction of sp³-hybridized carbons (Fsp3) is 0.368. The zero-order valence-corrected chi connectivity index (χ0v) is 12.6. The lowest BCUT2D eigenvalue weighted by molar-refractivity contribution is 0.482. The molecule has 20 heavy (non-hydrogen) atoms. The lowest BCUT2D eigenvalue weighted by Gasteiger charge is -2.11. The monoisotopic (exact) mass is 267 g/mol.